The molecule has 0 aliphatic rings. The minimum absolute atomic E-state index is 0.127. The summed E-state index contributed by atoms with van der Waals surface area (Å²) >= 11 is 0. The lowest BCUT2D eigenvalue weighted by Gasteiger charge is -2.25. The number of hydrogen-bond donors (Lipinski definition) is 3. The second-order valence-corrected chi connectivity index (χ2v) is 4.91. The number of hydrogen-bond acceptors (Lipinski definition) is 4. The van der Waals surface area contributed by atoms with Gasteiger partial charge in [0.2, 0.25) is 5.91 Å². The number of nitrogens with one attached hydrogen (secondary N) is 2. The Morgan fingerprint density at radius 1 is 1.26 bits per heavy atom. The van der Waals surface area contributed by atoms with Crippen molar-refractivity contribution < 1.29 is 27.9 Å². The number of aliphatic hydroxyl groups excluding tert-OH is 1. The van der Waals surface area contributed by atoms with Gasteiger partial charge in [-0.05, 0) is 19.1 Å². The van der Waals surface area contributed by atoms with Crippen LogP contribution >= 0.6 is 0 Å². The predicted molar refractivity (Wildman–Crippen MR) is 77.9 cm³/mol. The van der Waals surface area contributed by atoms with Crippen molar-refractivity contribution in [2.24, 2.45) is 0 Å². The highest BCUT2D eigenvalue weighted by Gasteiger charge is 2.28. The normalized spacial score (nSPS) is 12.4. The van der Waals surface area contributed by atoms with Crippen LogP contribution in [0.5, 0.6) is 0 Å². The van der Waals surface area contributed by atoms with Crippen LogP contribution in [-0.4, -0.2) is 49.0 Å². The summed E-state index contributed by atoms with van der Waals surface area (Å²) in [6.07, 6.45) is -5.29. The van der Waals surface area contributed by atoms with E-state index in [0.29, 0.717) is 5.69 Å². The summed E-state index contributed by atoms with van der Waals surface area (Å²) in [6.45, 7) is -0.151. The minimum Gasteiger partial charge on any atom is -0.392 e. The van der Waals surface area contributed by atoms with Crippen LogP contribution in [0.15, 0.2) is 30.3 Å². The van der Waals surface area contributed by atoms with E-state index in [0.717, 1.165) is 0 Å². The van der Waals surface area contributed by atoms with Crippen molar-refractivity contribution >= 4 is 17.6 Å². The maximum atomic E-state index is 12.0. The highest BCUT2D eigenvalue weighted by molar-refractivity contribution is 5.96. The van der Waals surface area contributed by atoms with Crippen LogP contribution in [0, 0.1) is 0 Å². The van der Waals surface area contributed by atoms with Gasteiger partial charge in [0.05, 0.1) is 12.6 Å². The lowest BCUT2D eigenvalue weighted by molar-refractivity contribution is -0.124. The molecule has 6 nitrogen and oxygen atoms in total. The summed E-state index contributed by atoms with van der Waals surface area (Å²) < 4.78 is 35.9. The summed E-state index contributed by atoms with van der Waals surface area (Å²) in [5.41, 5.74) is 0.638. The third-order valence-electron chi connectivity index (χ3n) is 2.64. The van der Waals surface area contributed by atoms with Crippen molar-refractivity contribution in [1.29, 1.82) is 0 Å². The summed E-state index contributed by atoms with van der Waals surface area (Å²) in [6, 6.07) is 7.43. The van der Waals surface area contributed by atoms with Gasteiger partial charge in [0.1, 0.15) is 6.54 Å². The fraction of sp³-hybridized carbons (Fsp3) is 0.429. The second-order valence-electron chi connectivity index (χ2n) is 4.91. The number of para-hydroxylation sites is 1. The number of amides is 3. The number of halogens is 3. The Morgan fingerprint density at radius 2 is 1.87 bits per heavy atom. The maximum absolute atomic E-state index is 12.0. The number of nitrogens with zero attached hydrogens (tertiary/aromatic N) is 1. The molecule has 0 radical (unpaired) electrons. The third kappa shape index (κ3) is 8.05. The average molecular weight is 333 g/mol. The summed E-state index contributed by atoms with van der Waals surface area (Å²) in [5.74, 6) is -0.783. The molecule has 9 heteroatoms. The topological polar surface area (TPSA) is 81.7 Å². The van der Waals surface area contributed by atoms with Crippen LogP contribution in [0.4, 0.5) is 23.7 Å². The van der Waals surface area contributed by atoms with Crippen molar-refractivity contribution in [1.82, 2.24) is 10.6 Å². The number of imide groups is 1. The molecule has 0 spiro atoms. The van der Waals surface area contributed by atoms with Gasteiger partial charge in [-0.25, -0.2) is 4.79 Å². The first-order chi connectivity index (χ1) is 10.7. The first-order valence-electron chi connectivity index (χ1n) is 6.80. The van der Waals surface area contributed by atoms with Crippen molar-refractivity contribution in [3.8, 4) is 0 Å². The van der Waals surface area contributed by atoms with Crippen LogP contribution in [0.25, 0.3) is 0 Å². The fourth-order valence-corrected chi connectivity index (χ4v) is 1.78. The molecule has 0 saturated carbocycles. The van der Waals surface area contributed by atoms with E-state index in [-0.39, 0.29) is 13.1 Å². The molecule has 0 bridgehead atoms. The monoisotopic (exact) mass is 333 g/mol. The molecule has 1 atom stereocenters. The Hall–Kier alpha value is -2.29. The Bertz CT molecular complexity index is 521. The van der Waals surface area contributed by atoms with Crippen molar-refractivity contribution in [3.05, 3.63) is 30.3 Å². The minimum atomic E-state index is -4.55. The van der Waals surface area contributed by atoms with Gasteiger partial charge in [0.15, 0.2) is 0 Å². The third-order valence-corrected chi connectivity index (χ3v) is 2.64. The van der Waals surface area contributed by atoms with Crippen LogP contribution in [0.1, 0.15) is 6.92 Å². The predicted octanol–water partition coefficient (Wildman–Crippen LogP) is 1.26. The Balaban J connectivity index is 2.58. The van der Waals surface area contributed by atoms with Gasteiger partial charge < -0.3 is 15.3 Å². The molecule has 0 heterocycles. The van der Waals surface area contributed by atoms with E-state index in [4.69, 9.17) is 0 Å². The van der Waals surface area contributed by atoms with E-state index >= 15 is 0 Å². The summed E-state index contributed by atoms with van der Waals surface area (Å²) in [7, 11) is 0. The molecule has 0 aromatic heterocycles. The van der Waals surface area contributed by atoms with E-state index in [1.54, 1.807) is 35.6 Å². The lowest BCUT2D eigenvalue weighted by atomic mass is 10.2. The van der Waals surface area contributed by atoms with Gasteiger partial charge in [-0.3, -0.25) is 10.1 Å². The van der Waals surface area contributed by atoms with Crippen molar-refractivity contribution in [2.45, 2.75) is 19.2 Å². The highest BCUT2D eigenvalue weighted by atomic mass is 19.4. The number of rotatable bonds is 6. The molecule has 1 aromatic rings. The average Bonchev–Trinajstić information content (AvgIpc) is 2.44. The molecule has 23 heavy (non-hydrogen) atoms. The highest BCUT2D eigenvalue weighted by Crippen LogP contribution is 2.13. The molecule has 0 saturated heterocycles. The van der Waals surface area contributed by atoms with Crippen molar-refractivity contribution in [3.63, 3.8) is 0 Å². The zero-order valence-electron chi connectivity index (χ0n) is 12.4. The second kappa shape index (κ2) is 8.37. The van der Waals surface area contributed by atoms with E-state index in [1.165, 1.54) is 11.8 Å². The van der Waals surface area contributed by atoms with E-state index < -0.39 is 30.8 Å². The number of urea groups is 1. The lowest BCUT2D eigenvalue weighted by Crippen LogP contribution is -2.47. The van der Waals surface area contributed by atoms with E-state index in [9.17, 15) is 27.9 Å². The molecule has 1 rings (SSSR count). The van der Waals surface area contributed by atoms with E-state index in [2.05, 4.69) is 0 Å². The number of anilines is 1. The van der Waals surface area contributed by atoms with Gasteiger partial charge in [-0.1, -0.05) is 18.2 Å². The van der Waals surface area contributed by atoms with Gasteiger partial charge in [-0.15, -0.1) is 0 Å². The largest absolute Gasteiger partial charge is 0.405 e. The molecule has 128 valence electrons. The summed E-state index contributed by atoms with van der Waals surface area (Å²) in [5, 5.41) is 12.8. The van der Waals surface area contributed by atoms with Gasteiger partial charge in [0.25, 0.3) is 0 Å². The van der Waals surface area contributed by atoms with Gasteiger partial charge in [-0.2, -0.15) is 13.2 Å². The first-order valence-corrected chi connectivity index (χ1v) is 6.80. The maximum Gasteiger partial charge on any atom is 0.405 e. The van der Waals surface area contributed by atoms with Gasteiger partial charge >= 0.3 is 12.2 Å². The molecule has 0 aliphatic carbocycles. The SMILES string of the molecule is C[C@H](O)CN(CC(=O)NC(=O)NCC(F)(F)F)c1ccccc1. The van der Waals surface area contributed by atoms with Crippen molar-refractivity contribution in [2.75, 3.05) is 24.5 Å². The van der Waals surface area contributed by atoms with Crippen LogP contribution < -0.4 is 15.5 Å². The Labute approximate surface area is 131 Å². The number of alkyl halides is 3. The van der Waals surface area contributed by atoms with Gasteiger partial charge in [0, 0.05) is 12.2 Å². The molecular weight excluding hydrogens is 315 g/mol. The molecule has 1 aromatic carbocycles. The molecule has 0 fully saturated rings. The van der Waals surface area contributed by atoms with Crippen LogP contribution in [-0.2, 0) is 4.79 Å². The molecular formula is C14H18F3N3O3. The zero-order valence-corrected chi connectivity index (χ0v) is 12.4. The number of carbonyl (C=O) groups excluding carboxylic acids is 2. The first kappa shape index (κ1) is 18.8. The fourth-order valence-electron chi connectivity index (χ4n) is 1.78. The summed E-state index contributed by atoms with van der Waals surface area (Å²) in [4.78, 5) is 24.5. The Kier molecular flexibility index (Phi) is 6.83. The smallest absolute Gasteiger partial charge is 0.392 e. The number of aliphatic hydroxyl groups is 1. The van der Waals surface area contributed by atoms with Crippen LogP contribution in [0.3, 0.4) is 0 Å². The standard InChI is InChI=1S/C14H18F3N3O3/c1-10(21)7-20(11-5-3-2-4-6-11)8-12(22)19-13(23)18-9-14(15,16)17/h2-6,10,21H,7-9H2,1H3,(H2,18,19,22,23)/t10-/m0/s1. The number of benzene rings is 1. The zero-order chi connectivity index (χ0) is 17.5. The number of carbonyl (C=O) groups is 2. The molecule has 0 unspecified atom stereocenters. The quantitative estimate of drug-likeness (QED) is 0.732. The van der Waals surface area contributed by atoms with Crippen LogP contribution in [0.2, 0.25) is 0 Å². The van der Waals surface area contributed by atoms with E-state index in [1.807, 2.05) is 5.32 Å². The molecule has 0 aliphatic heterocycles. The molecule has 3 amide bonds. The molecule has 3 N–H and O–H groups in total. The Morgan fingerprint density at radius 3 is 2.39 bits per heavy atom.